The molecule has 0 amide bonds. The summed E-state index contributed by atoms with van der Waals surface area (Å²) in [7, 11) is 4.28. The molecule has 0 aromatic carbocycles. The Kier molecular flexibility index (Phi) is 5.12. The van der Waals surface area contributed by atoms with Gasteiger partial charge in [-0.2, -0.15) is 0 Å². The summed E-state index contributed by atoms with van der Waals surface area (Å²) >= 11 is 0. The number of carbonyl (C=O) groups excluding carboxylic acids is 1. The second-order valence-corrected chi connectivity index (χ2v) is 5.70. The number of Topliss-reactive ketones (excluding diaryl/α,β-unsaturated/α-hetero) is 1. The van der Waals surface area contributed by atoms with Gasteiger partial charge in [-0.25, -0.2) is 0 Å². The number of hydrogen-bond donors (Lipinski definition) is 0. The normalized spacial score (nSPS) is 25.4. The molecule has 0 saturated carbocycles. The van der Waals surface area contributed by atoms with E-state index in [1.807, 2.05) is 0 Å². The van der Waals surface area contributed by atoms with Crippen molar-refractivity contribution in [2.45, 2.75) is 0 Å². The monoisotopic (exact) mass is 254 g/mol. The Balaban J connectivity index is 1.66. The number of rotatable bonds is 4. The van der Waals surface area contributed by atoms with Crippen LogP contribution in [0.5, 0.6) is 0 Å². The zero-order valence-electron chi connectivity index (χ0n) is 11.8. The lowest BCUT2D eigenvalue weighted by Crippen LogP contribution is -2.50. The van der Waals surface area contributed by atoms with Crippen LogP contribution in [0.3, 0.4) is 0 Å². The summed E-state index contributed by atoms with van der Waals surface area (Å²) in [6, 6.07) is 0. The molecule has 5 heteroatoms. The van der Waals surface area contributed by atoms with Crippen LogP contribution in [0.25, 0.3) is 0 Å². The molecule has 0 atom stereocenters. The summed E-state index contributed by atoms with van der Waals surface area (Å²) in [4.78, 5) is 21.3. The average molecular weight is 254 g/mol. The third kappa shape index (κ3) is 4.31. The molecule has 0 spiro atoms. The van der Waals surface area contributed by atoms with Crippen molar-refractivity contribution in [1.29, 1.82) is 0 Å². The molecule has 0 N–H and O–H groups in total. The lowest BCUT2D eigenvalue weighted by atomic mass is 10.2. The summed E-state index contributed by atoms with van der Waals surface area (Å²) in [5.41, 5.74) is 0. The van der Waals surface area contributed by atoms with Crippen LogP contribution in [0.2, 0.25) is 0 Å². The number of likely N-dealkylation sites (N-methyl/N-ethyl adjacent to an activating group) is 2. The maximum absolute atomic E-state index is 12.0. The Labute approximate surface area is 110 Å². The number of piperazine rings is 2. The molecule has 5 nitrogen and oxygen atoms in total. The summed E-state index contributed by atoms with van der Waals surface area (Å²) in [6.45, 7) is 9.75. The highest BCUT2D eigenvalue weighted by Crippen LogP contribution is 2.02. The van der Waals surface area contributed by atoms with Crippen LogP contribution in [-0.4, -0.2) is 105 Å². The van der Waals surface area contributed by atoms with Crippen LogP contribution < -0.4 is 0 Å². The molecular formula is C13H26N4O. The molecule has 0 unspecified atom stereocenters. The number of hydrogen-bond acceptors (Lipinski definition) is 5. The highest BCUT2D eigenvalue weighted by Gasteiger charge is 2.20. The lowest BCUT2D eigenvalue weighted by Gasteiger charge is -2.34. The van der Waals surface area contributed by atoms with Gasteiger partial charge in [-0.1, -0.05) is 0 Å². The molecule has 2 fully saturated rings. The zero-order chi connectivity index (χ0) is 13.0. The Morgan fingerprint density at radius 3 is 1.39 bits per heavy atom. The average Bonchev–Trinajstić information content (AvgIpc) is 2.35. The third-order valence-corrected chi connectivity index (χ3v) is 3.99. The van der Waals surface area contributed by atoms with Gasteiger partial charge in [-0.3, -0.25) is 14.6 Å². The SMILES string of the molecule is CN1CCN(CC(=O)CN2CCN(C)CC2)CC1. The molecule has 2 heterocycles. The quantitative estimate of drug-likeness (QED) is 0.645. The molecule has 0 radical (unpaired) electrons. The second-order valence-electron chi connectivity index (χ2n) is 5.70. The van der Waals surface area contributed by atoms with E-state index in [2.05, 4.69) is 33.7 Å². The minimum Gasteiger partial charge on any atom is -0.304 e. The maximum Gasteiger partial charge on any atom is 0.160 e. The summed E-state index contributed by atoms with van der Waals surface area (Å²) in [6.07, 6.45) is 0. The summed E-state index contributed by atoms with van der Waals surface area (Å²) < 4.78 is 0. The maximum atomic E-state index is 12.0. The molecule has 2 saturated heterocycles. The van der Waals surface area contributed by atoms with Gasteiger partial charge in [0.2, 0.25) is 0 Å². The first kappa shape index (κ1) is 13.9. The van der Waals surface area contributed by atoms with Gasteiger partial charge < -0.3 is 9.80 Å². The molecule has 2 aliphatic heterocycles. The molecule has 18 heavy (non-hydrogen) atoms. The fourth-order valence-electron chi connectivity index (χ4n) is 2.56. The van der Waals surface area contributed by atoms with Crippen LogP contribution in [0.15, 0.2) is 0 Å². The fourth-order valence-corrected chi connectivity index (χ4v) is 2.56. The van der Waals surface area contributed by atoms with Crippen molar-refractivity contribution in [1.82, 2.24) is 19.6 Å². The van der Waals surface area contributed by atoms with Crippen LogP contribution in [0, 0.1) is 0 Å². The Morgan fingerprint density at radius 2 is 1.06 bits per heavy atom. The first-order valence-electron chi connectivity index (χ1n) is 6.97. The van der Waals surface area contributed by atoms with E-state index in [4.69, 9.17) is 0 Å². The highest BCUT2D eigenvalue weighted by molar-refractivity contribution is 5.82. The van der Waals surface area contributed by atoms with Crippen LogP contribution in [0.4, 0.5) is 0 Å². The molecule has 0 aromatic heterocycles. The van der Waals surface area contributed by atoms with Gasteiger partial charge in [0.1, 0.15) is 0 Å². The summed E-state index contributed by atoms with van der Waals surface area (Å²) in [5, 5.41) is 0. The van der Waals surface area contributed by atoms with E-state index in [9.17, 15) is 4.79 Å². The number of ketones is 1. The van der Waals surface area contributed by atoms with E-state index in [-0.39, 0.29) is 0 Å². The molecular weight excluding hydrogens is 228 g/mol. The van der Waals surface area contributed by atoms with Gasteiger partial charge in [0.15, 0.2) is 5.78 Å². The first-order chi connectivity index (χ1) is 8.63. The molecule has 2 rings (SSSR count). The fraction of sp³-hybridized carbons (Fsp3) is 0.923. The van der Waals surface area contributed by atoms with Gasteiger partial charge in [0.25, 0.3) is 0 Å². The predicted molar refractivity (Wildman–Crippen MR) is 72.9 cm³/mol. The minimum absolute atomic E-state index is 0.379. The predicted octanol–water partition coefficient (Wildman–Crippen LogP) is -0.950. The van der Waals surface area contributed by atoms with E-state index in [1.165, 1.54) is 0 Å². The van der Waals surface area contributed by atoms with Crippen molar-refractivity contribution in [3.8, 4) is 0 Å². The smallest absolute Gasteiger partial charge is 0.160 e. The minimum atomic E-state index is 0.379. The Hall–Kier alpha value is -0.490. The van der Waals surface area contributed by atoms with E-state index in [0.717, 1.165) is 52.4 Å². The molecule has 104 valence electrons. The molecule has 0 aromatic rings. The third-order valence-electron chi connectivity index (χ3n) is 3.99. The second kappa shape index (κ2) is 6.61. The van der Waals surface area contributed by atoms with Crippen LogP contribution in [0.1, 0.15) is 0 Å². The van der Waals surface area contributed by atoms with E-state index >= 15 is 0 Å². The van der Waals surface area contributed by atoms with Gasteiger partial charge >= 0.3 is 0 Å². The molecule has 0 aliphatic carbocycles. The topological polar surface area (TPSA) is 30.0 Å². The Bertz CT molecular complexity index is 242. The van der Waals surface area contributed by atoms with Gasteiger partial charge in [0, 0.05) is 52.4 Å². The van der Waals surface area contributed by atoms with Crippen molar-refractivity contribution >= 4 is 5.78 Å². The van der Waals surface area contributed by atoms with Gasteiger partial charge in [-0.15, -0.1) is 0 Å². The van der Waals surface area contributed by atoms with E-state index in [1.54, 1.807) is 0 Å². The van der Waals surface area contributed by atoms with Crippen molar-refractivity contribution in [2.24, 2.45) is 0 Å². The number of carbonyl (C=O) groups is 1. The van der Waals surface area contributed by atoms with Crippen molar-refractivity contribution < 1.29 is 4.79 Å². The van der Waals surface area contributed by atoms with Gasteiger partial charge in [0.05, 0.1) is 13.1 Å². The highest BCUT2D eigenvalue weighted by atomic mass is 16.1. The molecule has 2 aliphatic rings. The van der Waals surface area contributed by atoms with E-state index in [0.29, 0.717) is 18.9 Å². The van der Waals surface area contributed by atoms with Crippen LogP contribution in [-0.2, 0) is 4.79 Å². The van der Waals surface area contributed by atoms with Crippen LogP contribution >= 0.6 is 0 Å². The van der Waals surface area contributed by atoms with Crippen molar-refractivity contribution in [3.05, 3.63) is 0 Å². The largest absolute Gasteiger partial charge is 0.304 e. The zero-order valence-corrected chi connectivity index (χ0v) is 11.8. The van der Waals surface area contributed by atoms with Crippen molar-refractivity contribution in [2.75, 3.05) is 79.5 Å². The first-order valence-corrected chi connectivity index (χ1v) is 6.97. The summed E-state index contributed by atoms with van der Waals surface area (Å²) in [5.74, 6) is 0.379. The Morgan fingerprint density at radius 1 is 0.722 bits per heavy atom. The van der Waals surface area contributed by atoms with Crippen molar-refractivity contribution in [3.63, 3.8) is 0 Å². The molecule has 0 bridgehead atoms. The van der Waals surface area contributed by atoms with E-state index < -0.39 is 0 Å². The van der Waals surface area contributed by atoms with Gasteiger partial charge in [-0.05, 0) is 14.1 Å². The lowest BCUT2D eigenvalue weighted by molar-refractivity contribution is -0.122. The standard InChI is InChI=1S/C13H26N4O/c1-14-3-7-16(8-4-14)11-13(18)12-17-9-5-15(2)6-10-17/h3-12H2,1-2H3. The number of nitrogens with zero attached hydrogens (tertiary/aromatic N) is 4.